The maximum Gasteiger partial charge on any atom is 0.336 e. The Morgan fingerprint density at radius 2 is 1.09 bits per heavy atom. The Morgan fingerprint density at radius 3 is 1.36 bits per heavy atom. The van der Waals surface area contributed by atoms with Crippen molar-refractivity contribution in [2.45, 2.75) is 44.4 Å². The summed E-state index contributed by atoms with van der Waals surface area (Å²) in [7, 11) is 0. The third kappa shape index (κ3) is 2.55. The molecular formula is C13H17N3O6. The Bertz CT molecular complexity index is 698. The highest BCUT2D eigenvalue weighted by Gasteiger charge is 2.30. The van der Waals surface area contributed by atoms with Crippen LogP contribution in [0.3, 0.4) is 0 Å². The van der Waals surface area contributed by atoms with Crippen molar-refractivity contribution >= 4 is 0 Å². The number of rotatable bonds is 6. The van der Waals surface area contributed by atoms with Gasteiger partial charge in [0.05, 0.1) is 51.2 Å². The monoisotopic (exact) mass is 311 g/mol. The minimum Gasteiger partial charge on any atom is -0.376 e. The van der Waals surface area contributed by atoms with Crippen molar-refractivity contribution in [3.63, 3.8) is 0 Å². The van der Waals surface area contributed by atoms with Gasteiger partial charge in [0.1, 0.15) is 0 Å². The van der Waals surface area contributed by atoms with Gasteiger partial charge in [-0.3, -0.25) is 0 Å². The van der Waals surface area contributed by atoms with Gasteiger partial charge in [-0.15, -0.1) is 0 Å². The Labute approximate surface area is 124 Å². The summed E-state index contributed by atoms with van der Waals surface area (Å²) in [6.45, 7) is 2.23. The van der Waals surface area contributed by atoms with Crippen LogP contribution in [0.5, 0.6) is 0 Å². The van der Waals surface area contributed by atoms with E-state index < -0.39 is 17.1 Å². The van der Waals surface area contributed by atoms with Gasteiger partial charge in [0, 0.05) is 6.61 Å². The summed E-state index contributed by atoms with van der Waals surface area (Å²) in [6, 6.07) is 0. The molecule has 0 saturated carbocycles. The van der Waals surface area contributed by atoms with Crippen LogP contribution in [0.15, 0.2) is 14.4 Å². The molecular weight excluding hydrogens is 294 g/mol. The standard InChI is InChI=1S/C13H17N3O6/c17-11-14(3-8-1-2-20-8)12(18)16(5-10-7-22-10)13(19)15(11)4-9-6-21-9/h8-10H,1-7H2. The number of ether oxygens (including phenoxy) is 3. The van der Waals surface area contributed by atoms with E-state index in [-0.39, 0.29) is 37.9 Å². The number of nitrogens with zero attached hydrogens (tertiary/aromatic N) is 3. The summed E-state index contributed by atoms with van der Waals surface area (Å²) in [6.07, 6.45) is 0.422. The van der Waals surface area contributed by atoms with E-state index in [2.05, 4.69) is 0 Å². The van der Waals surface area contributed by atoms with Crippen LogP contribution in [0.4, 0.5) is 0 Å². The van der Waals surface area contributed by atoms with Crippen LogP contribution in [-0.2, 0) is 33.8 Å². The molecule has 1 aromatic heterocycles. The van der Waals surface area contributed by atoms with Gasteiger partial charge in [-0.05, 0) is 6.42 Å². The molecule has 0 amide bonds. The van der Waals surface area contributed by atoms with Crippen molar-refractivity contribution in [1.82, 2.24) is 13.7 Å². The Balaban J connectivity index is 1.78. The SMILES string of the molecule is O=c1n(CC2CCO2)c(=O)n(CC2CO2)c(=O)n1CC1CO1. The minimum absolute atomic E-state index is 0.123. The van der Waals surface area contributed by atoms with Gasteiger partial charge in [-0.25, -0.2) is 28.1 Å². The molecule has 120 valence electrons. The fourth-order valence-electron chi connectivity index (χ4n) is 2.54. The smallest absolute Gasteiger partial charge is 0.336 e. The van der Waals surface area contributed by atoms with Crippen molar-refractivity contribution in [3.8, 4) is 0 Å². The van der Waals surface area contributed by atoms with Crippen molar-refractivity contribution < 1.29 is 14.2 Å². The maximum absolute atomic E-state index is 12.5. The molecule has 0 spiro atoms. The first-order valence-corrected chi connectivity index (χ1v) is 7.43. The number of hydrogen-bond donors (Lipinski definition) is 0. The molecule has 0 aromatic carbocycles. The molecule has 4 rings (SSSR count). The Kier molecular flexibility index (Phi) is 3.28. The van der Waals surface area contributed by atoms with Crippen LogP contribution in [-0.4, -0.2) is 51.8 Å². The molecule has 3 saturated heterocycles. The van der Waals surface area contributed by atoms with E-state index in [1.807, 2.05) is 0 Å². The van der Waals surface area contributed by atoms with Crippen molar-refractivity contribution in [3.05, 3.63) is 31.5 Å². The van der Waals surface area contributed by atoms with Gasteiger partial charge in [0.25, 0.3) is 0 Å². The van der Waals surface area contributed by atoms with Crippen LogP contribution < -0.4 is 17.1 Å². The molecule has 1 aromatic rings. The molecule has 3 fully saturated rings. The largest absolute Gasteiger partial charge is 0.376 e. The molecule has 3 aliphatic heterocycles. The molecule has 9 nitrogen and oxygen atoms in total. The lowest BCUT2D eigenvalue weighted by Crippen LogP contribution is -2.56. The fraction of sp³-hybridized carbons (Fsp3) is 0.769. The maximum atomic E-state index is 12.5. The predicted molar refractivity (Wildman–Crippen MR) is 73.1 cm³/mol. The molecule has 0 aliphatic carbocycles. The normalized spacial score (nSPS) is 29.2. The molecule has 3 unspecified atom stereocenters. The highest BCUT2D eigenvalue weighted by molar-refractivity contribution is 4.85. The lowest BCUT2D eigenvalue weighted by Gasteiger charge is -2.26. The number of hydrogen-bond acceptors (Lipinski definition) is 6. The average molecular weight is 311 g/mol. The zero-order chi connectivity index (χ0) is 15.3. The number of aromatic nitrogens is 3. The lowest BCUT2D eigenvalue weighted by molar-refractivity contribution is -0.0609. The highest BCUT2D eigenvalue weighted by atomic mass is 16.6. The van der Waals surface area contributed by atoms with E-state index in [0.717, 1.165) is 20.1 Å². The van der Waals surface area contributed by atoms with Crippen LogP contribution >= 0.6 is 0 Å². The third-order valence-electron chi connectivity index (χ3n) is 4.14. The van der Waals surface area contributed by atoms with Crippen molar-refractivity contribution in [1.29, 1.82) is 0 Å². The van der Waals surface area contributed by atoms with E-state index in [1.165, 1.54) is 0 Å². The zero-order valence-electron chi connectivity index (χ0n) is 12.0. The summed E-state index contributed by atoms with van der Waals surface area (Å²) in [5, 5.41) is 0. The molecule has 0 radical (unpaired) electrons. The first-order chi connectivity index (χ1) is 10.6. The van der Waals surface area contributed by atoms with Crippen LogP contribution in [0.2, 0.25) is 0 Å². The first kappa shape index (κ1) is 13.9. The fourth-order valence-corrected chi connectivity index (χ4v) is 2.54. The van der Waals surface area contributed by atoms with Gasteiger partial charge in [-0.2, -0.15) is 0 Å². The van der Waals surface area contributed by atoms with Crippen LogP contribution in [0.1, 0.15) is 6.42 Å². The van der Waals surface area contributed by atoms with E-state index in [0.29, 0.717) is 19.8 Å². The predicted octanol–water partition coefficient (Wildman–Crippen LogP) is -2.24. The topological polar surface area (TPSA) is 100 Å². The van der Waals surface area contributed by atoms with E-state index in [9.17, 15) is 14.4 Å². The molecule has 4 heterocycles. The second-order valence-electron chi connectivity index (χ2n) is 5.87. The van der Waals surface area contributed by atoms with Gasteiger partial charge in [0.2, 0.25) is 0 Å². The number of epoxide rings is 2. The summed E-state index contributed by atoms with van der Waals surface area (Å²) >= 11 is 0. The molecule has 0 bridgehead atoms. The molecule has 9 heteroatoms. The van der Waals surface area contributed by atoms with Crippen LogP contribution in [0, 0.1) is 0 Å². The zero-order valence-corrected chi connectivity index (χ0v) is 12.0. The van der Waals surface area contributed by atoms with Crippen molar-refractivity contribution in [2.24, 2.45) is 0 Å². The lowest BCUT2D eigenvalue weighted by atomic mass is 10.2. The van der Waals surface area contributed by atoms with E-state index >= 15 is 0 Å². The van der Waals surface area contributed by atoms with Gasteiger partial charge in [0.15, 0.2) is 0 Å². The first-order valence-electron chi connectivity index (χ1n) is 7.43. The summed E-state index contributed by atoms with van der Waals surface area (Å²) in [4.78, 5) is 37.4. The molecule has 3 atom stereocenters. The second kappa shape index (κ2) is 5.18. The summed E-state index contributed by atoms with van der Waals surface area (Å²) in [5.41, 5.74) is -1.77. The molecule has 0 N–H and O–H groups in total. The van der Waals surface area contributed by atoms with Gasteiger partial charge >= 0.3 is 17.1 Å². The molecule has 22 heavy (non-hydrogen) atoms. The minimum atomic E-state index is -0.591. The van der Waals surface area contributed by atoms with Crippen molar-refractivity contribution in [2.75, 3.05) is 19.8 Å². The Hall–Kier alpha value is -1.71. The van der Waals surface area contributed by atoms with E-state index in [1.54, 1.807) is 0 Å². The quantitative estimate of drug-likeness (QED) is 0.551. The van der Waals surface area contributed by atoms with Gasteiger partial charge < -0.3 is 14.2 Å². The highest BCUT2D eigenvalue weighted by Crippen LogP contribution is 2.12. The van der Waals surface area contributed by atoms with Crippen LogP contribution in [0.25, 0.3) is 0 Å². The summed E-state index contributed by atoms with van der Waals surface area (Å²) < 4.78 is 18.7. The summed E-state index contributed by atoms with van der Waals surface area (Å²) in [5.74, 6) is 0. The second-order valence-corrected chi connectivity index (χ2v) is 5.87. The average Bonchev–Trinajstić information content (AvgIpc) is 3.33. The van der Waals surface area contributed by atoms with E-state index in [4.69, 9.17) is 14.2 Å². The van der Waals surface area contributed by atoms with Gasteiger partial charge in [-0.1, -0.05) is 0 Å². The Morgan fingerprint density at radius 1 is 0.727 bits per heavy atom. The third-order valence-corrected chi connectivity index (χ3v) is 4.14. The molecule has 3 aliphatic rings.